The summed E-state index contributed by atoms with van der Waals surface area (Å²) in [4.78, 5) is 2.49. The largest absolute Gasteiger partial charge is 0.356 e. The molecule has 0 spiro atoms. The van der Waals surface area contributed by atoms with E-state index in [4.69, 9.17) is 0 Å². The number of hydrogen-bond acceptors (Lipinski definition) is 2. The zero-order valence-electron chi connectivity index (χ0n) is 34.3. The van der Waals surface area contributed by atoms with Crippen molar-refractivity contribution < 1.29 is 0 Å². The molecule has 1 aliphatic rings. The van der Waals surface area contributed by atoms with Crippen LogP contribution in [0.3, 0.4) is 0 Å². The lowest BCUT2D eigenvalue weighted by Gasteiger charge is -2.38. The monoisotopic (exact) mass is 864 g/mol. The first-order valence-electron chi connectivity index (χ1n) is 20.9. The average molecular weight is 866 g/mol. The van der Waals surface area contributed by atoms with Crippen LogP contribution >= 0.6 is 15.9 Å². The van der Waals surface area contributed by atoms with Crippen molar-refractivity contribution in [2.45, 2.75) is 19.3 Å². The predicted octanol–water partition coefficient (Wildman–Crippen LogP) is 13.0. The van der Waals surface area contributed by atoms with Crippen molar-refractivity contribution in [3.8, 4) is 22.3 Å². The summed E-state index contributed by atoms with van der Waals surface area (Å²) in [5.74, 6) is 0. The third kappa shape index (κ3) is 6.92. The minimum Gasteiger partial charge on any atom is -0.356 e. The Hall–Kier alpha value is -6.72. The van der Waals surface area contributed by atoms with Gasteiger partial charge in [-0.1, -0.05) is 188 Å². The highest BCUT2D eigenvalue weighted by Gasteiger charge is 2.44. The highest BCUT2D eigenvalue weighted by atomic mass is 79.9. The number of halogens is 1. The van der Waals surface area contributed by atoms with E-state index >= 15 is 0 Å². The minimum absolute atomic E-state index is 0.174. The Morgan fingerprint density at radius 1 is 0.426 bits per heavy atom. The van der Waals surface area contributed by atoms with E-state index in [-0.39, 0.29) is 5.41 Å². The molecular formula is C57H45BrN2Si. The number of para-hydroxylation sites is 3. The molecule has 0 atom stereocenters. The summed E-state index contributed by atoms with van der Waals surface area (Å²) < 4.78 is 1.08. The van der Waals surface area contributed by atoms with Gasteiger partial charge < -0.3 is 10.2 Å². The van der Waals surface area contributed by atoms with E-state index < -0.39 is 8.07 Å². The fourth-order valence-electron chi connectivity index (χ4n) is 9.55. The van der Waals surface area contributed by atoms with Gasteiger partial charge in [0.2, 0.25) is 0 Å². The molecule has 2 nitrogen and oxygen atoms in total. The second-order valence-corrected chi connectivity index (χ2v) is 21.1. The van der Waals surface area contributed by atoms with E-state index in [2.05, 4.69) is 264 Å². The van der Waals surface area contributed by atoms with Gasteiger partial charge in [0.1, 0.15) is 0 Å². The van der Waals surface area contributed by atoms with Crippen LogP contribution in [0.2, 0.25) is 0 Å². The van der Waals surface area contributed by atoms with Crippen LogP contribution < -0.4 is 31.0 Å². The Bertz CT molecular complexity index is 2930. The molecule has 0 heterocycles. The molecule has 1 N–H and O–H groups in total. The summed E-state index contributed by atoms with van der Waals surface area (Å²) in [7, 11) is -2.94. The maximum atomic E-state index is 3.88. The quantitative estimate of drug-likeness (QED) is 0.109. The molecule has 9 aromatic rings. The van der Waals surface area contributed by atoms with Gasteiger partial charge in [0, 0.05) is 38.3 Å². The molecule has 0 fully saturated rings. The summed E-state index contributed by atoms with van der Waals surface area (Å²) in [5.41, 5.74) is 13.1. The third-order valence-corrected chi connectivity index (χ3v) is 17.7. The molecule has 61 heavy (non-hydrogen) atoms. The van der Waals surface area contributed by atoms with Gasteiger partial charge in [-0.2, -0.15) is 0 Å². The zero-order chi connectivity index (χ0) is 41.4. The molecule has 0 unspecified atom stereocenters. The number of rotatable bonds is 10. The van der Waals surface area contributed by atoms with Crippen LogP contribution in [0.25, 0.3) is 22.3 Å². The van der Waals surface area contributed by atoms with Gasteiger partial charge >= 0.3 is 0 Å². The Kier molecular flexibility index (Phi) is 10.1. The van der Waals surface area contributed by atoms with Gasteiger partial charge in [0.25, 0.3) is 0 Å². The highest BCUT2D eigenvalue weighted by Crippen LogP contribution is 2.51. The average Bonchev–Trinajstić information content (AvgIpc) is 3.53. The first-order valence-corrected chi connectivity index (χ1v) is 23.7. The van der Waals surface area contributed by atoms with Gasteiger partial charge in [0.05, 0.1) is 0 Å². The van der Waals surface area contributed by atoms with E-state index in [0.717, 1.165) is 27.2 Å². The molecule has 0 saturated heterocycles. The normalized spacial score (nSPS) is 12.6. The standard InChI is InChI=1S/C57H45BrN2Si/c1-57(2)53-37-35-47(40-52(53)51-36-32-42(38-54(51)57)41-30-33-45(34-31-41)59-44-19-7-3-8-20-44)60(46-21-9-4-10-22-46)55-28-15-16-29-56(55)61(48-23-11-5-12-24-48,49-25-13-6-14-26-49)50-27-17-18-43(58)39-50/h3-40,59H,1-2H3. The maximum absolute atomic E-state index is 3.88. The Balaban J connectivity index is 1.13. The van der Waals surface area contributed by atoms with Crippen LogP contribution in [0, 0.1) is 0 Å². The van der Waals surface area contributed by atoms with Crippen LogP contribution in [0.15, 0.2) is 235 Å². The molecule has 294 valence electrons. The Morgan fingerprint density at radius 2 is 1.00 bits per heavy atom. The van der Waals surface area contributed by atoms with Crippen molar-refractivity contribution >= 4 is 73.2 Å². The summed E-state index contributed by atoms with van der Waals surface area (Å²) in [6.07, 6.45) is 0. The van der Waals surface area contributed by atoms with Crippen LogP contribution in [-0.4, -0.2) is 8.07 Å². The summed E-state index contributed by atoms with van der Waals surface area (Å²) >= 11 is 3.88. The summed E-state index contributed by atoms with van der Waals surface area (Å²) in [6, 6.07) is 84.7. The summed E-state index contributed by atoms with van der Waals surface area (Å²) in [6.45, 7) is 4.74. The molecule has 0 aliphatic heterocycles. The minimum atomic E-state index is -2.94. The molecule has 4 heteroatoms. The molecule has 0 aromatic heterocycles. The smallest absolute Gasteiger partial charge is 0.181 e. The Labute approximate surface area is 369 Å². The molecule has 10 rings (SSSR count). The molecule has 9 aromatic carbocycles. The number of anilines is 5. The van der Waals surface area contributed by atoms with Gasteiger partial charge in [0.15, 0.2) is 8.07 Å². The first-order chi connectivity index (χ1) is 29.9. The van der Waals surface area contributed by atoms with Gasteiger partial charge in [-0.15, -0.1) is 0 Å². The Morgan fingerprint density at radius 3 is 1.67 bits per heavy atom. The van der Waals surface area contributed by atoms with E-state index in [1.165, 1.54) is 59.8 Å². The van der Waals surface area contributed by atoms with Crippen molar-refractivity contribution in [1.29, 1.82) is 0 Å². The number of fused-ring (bicyclic) bond motifs is 3. The molecule has 0 bridgehead atoms. The lowest BCUT2D eigenvalue weighted by atomic mass is 9.81. The third-order valence-electron chi connectivity index (χ3n) is 12.4. The molecule has 0 saturated carbocycles. The molecule has 1 aliphatic carbocycles. The second kappa shape index (κ2) is 16.0. The van der Waals surface area contributed by atoms with Gasteiger partial charge in [-0.3, -0.25) is 0 Å². The number of benzene rings is 9. The van der Waals surface area contributed by atoms with Crippen molar-refractivity contribution in [1.82, 2.24) is 0 Å². The predicted molar refractivity (Wildman–Crippen MR) is 265 cm³/mol. The number of hydrogen-bond donors (Lipinski definition) is 1. The van der Waals surface area contributed by atoms with Crippen LogP contribution in [0.1, 0.15) is 25.0 Å². The van der Waals surface area contributed by atoms with E-state index in [0.29, 0.717) is 0 Å². The lowest BCUT2D eigenvalue weighted by Crippen LogP contribution is -2.75. The van der Waals surface area contributed by atoms with Crippen LogP contribution in [-0.2, 0) is 5.41 Å². The molecular weight excluding hydrogens is 821 g/mol. The SMILES string of the molecule is CC1(C)c2ccc(N(c3ccccc3)c3ccccc3[Si](c3ccccc3)(c3ccccc3)c3cccc(Br)c3)cc2-c2ccc(-c3ccc(Nc4ccccc4)cc3)cc21. The van der Waals surface area contributed by atoms with E-state index in [1.807, 2.05) is 6.07 Å². The van der Waals surface area contributed by atoms with Crippen molar-refractivity contribution in [3.63, 3.8) is 0 Å². The van der Waals surface area contributed by atoms with Crippen molar-refractivity contribution in [2.24, 2.45) is 0 Å². The fraction of sp³-hybridized carbons (Fsp3) is 0.0526. The van der Waals surface area contributed by atoms with Crippen molar-refractivity contribution in [2.75, 3.05) is 10.2 Å². The number of nitrogens with zero attached hydrogens (tertiary/aromatic N) is 1. The zero-order valence-corrected chi connectivity index (χ0v) is 36.9. The number of nitrogens with one attached hydrogen (secondary N) is 1. The summed E-state index contributed by atoms with van der Waals surface area (Å²) in [5, 5.41) is 8.84. The fourth-order valence-corrected chi connectivity index (χ4v) is 15.1. The van der Waals surface area contributed by atoms with Crippen molar-refractivity contribution in [3.05, 3.63) is 246 Å². The molecule has 0 amide bonds. The van der Waals surface area contributed by atoms with Gasteiger partial charge in [-0.25, -0.2) is 0 Å². The van der Waals surface area contributed by atoms with Crippen LogP contribution in [0.5, 0.6) is 0 Å². The van der Waals surface area contributed by atoms with Crippen LogP contribution in [0.4, 0.5) is 28.4 Å². The first kappa shape index (κ1) is 38.5. The second-order valence-electron chi connectivity index (χ2n) is 16.4. The topological polar surface area (TPSA) is 15.3 Å². The maximum Gasteiger partial charge on any atom is 0.181 e. The van der Waals surface area contributed by atoms with Gasteiger partial charge in [-0.05, 0) is 127 Å². The van der Waals surface area contributed by atoms with E-state index in [9.17, 15) is 0 Å². The molecule has 0 radical (unpaired) electrons. The lowest BCUT2D eigenvalue weighted by molar-refractivity contribution is 0.660. The highest BCUT2D eigenvalue weighted by molar-refractivity contribution is 9.10. The van der Waals surface area contributed by atoms with E-state index in [1.54, 1.807) is 0 Å².